The first-order valence-corrected chi connectivity index (χ1v) is 12.2. The van der Waals surface area contributed by atoms with E-state index in [-0.39, 0.29) is 23.8 Å². The number of benzene rings is 2. The minimum absolute atomic E-state index is 0.0838. The monoisotopic (exact) mass is 529 g/mol. The van der Waals surface area contributed by atoms with Crippen molar-refractivity contribution < 1.29 is 30.8 Å². The molecule has 0 unspecified atom stereocenters. The molecule has 186 valence electrons. The lowest BCUT2D eigenvalue weighted by Gasteiger charge is -2.24. The molecule has 1 aliphatic rings. The summed E-state index contributed by atoms with van der Waals surface area (Å²) < 4.78 is 72.2. The van der Waals surface area contributed by atoms with E-state index >= 15 is 4.39 Å². The highest BCUT2D eigenvalue weighted by Crippen LogP contribution is 2.37. The summed E-state index contributed by atoms with van der Waals surface area (Å²) in [5.41, 5.74) is 6.01. The Labute approximate surface area is 203 Å². The average Bonchev–Trinajstić information content (AvgIpc) is 3.23. The number of hydrogen-bond donors (Lipinski definition) is 2. The molecule has 0 saturated heterocycles. The first-order chi connectivity index (χ1) is 16.3. The largest absolute Gasteiger partial charge is 0.403 e. The number of alkyl halides is 2. The SMILES string of the molecule is CC(F)(F)CNc1nnc(-c2cc3c(cc2F)S(=O)(=O)C[C@H](N)C(=O)N3Cc2ccc(Cl)cc2)o1. The van der Waals surface area contributed by atoms with Gasteiger partial charge in [-0.05, 0) is 29.8 Å². The number of nitrogens with zero attached hydrogens (tertiary/aromatic N) is 3. The quantitative estimate of drug-likeness (QED) is 0.497. The highest BCUT2D eigenvalue weighted by molar-refractivity contribution is 7.91. The van der Waals surface area contributed by atoms with Crippen LogP contribution in [0.15, 0.2) is 45.7 Å². The first kappa shape index (κ1) is 24.9. The van der Waals surface area contributed by atoms with Crippen molar-refractivity contribution in [2.24, 2.45) is 5.73 Å². The summed E-state index contributed by atoms with van der Waals surface area (Å²) in [5, 5.41) is 9.91. The second-order valence-corrected chi connectivity index (χ2v) is 10.5. The van der Waals surface area contributed by atoms with Crippen LogP contribution < -0.4 is 16.0 Å². The summed E-state index contributed by atoms with van der Waals surface area (Å²) in [7, 11) is -4.14. The average molecular weight is 530 g/mol. The summed E-state index contributed by atoms with van der Waals surface area (Å²) in [5.74, 6) is -5.92. The molecule has 1 aromatic heterocycles. The maximum Gasteiger partial charge on any atom is 0.315 e. The molecule has 0 bridgehead atoms. The zero-order chi connectivity index (χ0) is 25.5. The zero-order valence-corrected chi connectivity index (χ0v) is 19.7. The van der Waals surface area contributed by atoms with Crippen LogP contribution in [0.4, 0.5) is 24.9 Å². The van der Waals surface area contributed by atoms with E-state index in [4.69, 9.17) is 21.8 Å². The van der Waals surface area contributed by atoms with E-state index in [2.05, 4.69) is 15.5 Å². The molecule has 14 heteroatoms. The molecule has 2 heterocycles. The summed E-state index contributed by atoms with van der Waals surface area (Å²) in [6.07, 6.45) is 0. The molecular weight excluding hydrogens is 511 g/mol. The number of anilines is 2. The number of aromatic nitrogens is 2. The van der Waals surface area contributed by atoms with E-state index in [0.29, 0.717) is 17.5 Å². The standard InChI is InChI=1S/C21H19ClF3N5O4S/c1-21(24,25)10-27-20-29-28-18(34-20)13-6-16-17(7-14(13)23)35(32,33)9-15(26)19(31)30(16)8-11-2-4-12(22)5-3-11/h2-7,15H,8-10,26H2,1H3,(H,27,29)/t15-/m0/s1. The number of carbonyl (C=O) groups excluding carboxylic acids is 1. The number of nitrogens with one attached hydrogen (secondary N) is 1. The Balaban J connectivity index is 1.80. The Kier molecular flexibility index (Phi) is 6.51. The molecule has 3 aromatic rings. The molecule has 1 aliphatic heterocycles. The molecule has 0 aliphatic carbocycles. The van der Waals surface area contributed by atoms with E-state index in [1.54, 1.807) is 24.3 Å². The topological polar surface area (TPSA) is 131 Å². The van der Waals surface area contributed by atoms with E-state index < -0.39 is 56.6 Å². The lowest BCUT2D eigenvalue weighted by molar-refractivity contribution is -0.119. The van der Waals surface area contributed by atoms with E-state index in [1.807, 2.05) is 0 Å². The third-order valence-electron chi connectivity index (χ3n) is 5.12. The molecule has 0 fully saturated rings. The molecule has 9 nitrogen and oxygen atoms in total. The Bertz CT molecular complexity index is 1380. The van der Waals surface area contributed by atoms with Gasteiger partial charge < -0.3 is 20.4 Å². The third kappa shape index (κ3) is 5.41. The second-order valence-electron chi connectivity index (χ2n) is 8.07. The molecular formula is C21H19ClF3N5O4S. The van der Waals surface area contributed by atoms with Crippen molar-refractivity contribution in [3.05, 3.63) is 52.8 Å². The lowest BCUT2D eigenvalue weighted by Crippen LogP contribution is -2.45. The maximum absolute atomic E-state index is 15.0. The molecule has 35 heavy (non-hydrogen) atoms. The molecule has 4 rings (SSSR count). The number of carbonyl (C=O) groups is 1. The maximum atomic E-state index is 15.0. The van der Waals surface area contributed by atoms with Crippen molar-refractivity contribution in [3.8, 4) is 11.5 Å². The highest BCUT2D eigenvalue weighted by atomic mass is 35.5. The van der Waals surface area contributed by atoms with Gasteiger partial charge in [-0.1, -0.05) is 28.8 Å². The van der Waals surface area contributed by atoms with Gasteiger partial charge in [0.2, 0.25) is 5.91 Å². The molecule has 2 aromatic carbocycles. The number of sulfone groups is 1. The van der Waals surface area contributed by atoms with Gasteiger partial charge in [-0.25, -0.2) is 21.6 Å². The minimum Gasteiger partial charge on any atom is -0.403 e. The zero-order valence-electron chi connectivity index (χ0n) is 18.1. The second kappa shape index (κ2) is 9.13. The molecule has 1 atom stereocenters. The smallest absolute Gasteiger partial charge is 0.315 e. The Morgan fingerprint density at radius 1 is 1.26 bits per heavy atom. The van der Waals surface area contributed by atoms with Crippen LogP contribution in [-0.4, -0.2) is 48.8 Å². The molecule has 0 radical (unpaired) electrons. The highest BCUT2D eigenvalue weighted by Gasteiger charge is 2.37. The van der Waals surface area contributed by atoms with Crippen LogP contribution in [0.5, 0.6) is 0 Å². The summed E-state index contributed by atoms with van der Waals surface area (Å²) in [4.78, 5) is 13.8. The predicted octanol–water partition coefficient (Wildman–Crippen LogP) is 3.24. The van der Waals surface area contributed by atoms with Gasteiger partial charge >= 0.3 is 6.01 Å². The molecule has 0 saturated carbocycles. The number of nitrogens with two attached hydrogens (primary N) is 1. The lowest BCUT2D eigenvalue weighted by atomic mass is 10.1. The van der Waals surface area contributed by atoms with Gasteiger partial charge in [-0.15, -0.1) is 5.10 Å². The van der Waals surface area contributed by atoms with Crippen LogP contribution >= 0.6 is 11.6 Å². The van der Waals surface area contributed by atoms with Gasteiger partial charge in [0.25, 0.3) is 11.8 Å². The van der Waals surface area contributed by atoms with Crippen LogP contribution in [0.3, 0.4) is 0 Å². The fourth-order valence-corrected chi connectivity index (χ4v) is 5.15. The predicted molar refractivity (Wildman–Crippen MR) is 121 cm³/mol. The van der Waals surface area contributed by atoms with Gasteiger partial charge in [0, 0.05) is 11.9 Å². The van der Waals surface area contributed by atoms with Crippen LogP contribution in [-0.2, 0) is 21.2 Å². The van der Waals surface area contributed by atoms with Crippen molar-refractivity contribution in [1.29, 1.82) is 0 Å². The summed E-state index contributed by atoms with van der Waals surface area (Å²) >= 11 is 5.91. The summed E-state index contributed by atoms with van der Waals surface area (Å²) in [6, 6.07) is 6.53. The molecule has 3 N–H and O–H groups in total. The Hall–Kier alpha value is -3.16. The van der Waals surface area contributed by atoms with Crippen molar-refractivity contribution in [2.45, 2.75) is 30.3 Å². The number of amides is 1. The van der Waals surface area contributed by atoms with Gasteiger partial charge in [0.1, 0.15) is 5.82 Å². The number of rotatable bonds is 6. The van der Waals surface area contributed by atoms with Gasteiger partial charge in [0.05, 0.1) is 41.0 Å². The Morgan fingerprint density at radius 2 is 1.94 bits per heavy atom. The van der Waals surface area contributed by atoms with Crippen LogP contribution in [0.1, 0.15) is 12.5 Å². The minimum atomic E-state index is -4.14. The van der Waals surface area contributed by atoms with Crippen molar-refractivity contribution in [3.63, 3.8) is 0 Å². The number of halogens is 4. The fraction of sp³-hybridized carbons (Fsp3) is 0.286. The number of fused-ring (bicyclic) bond motifs is 1. The van der Waals surface area contributed by atoms with Gasteiger partial charge in [-0.3, -0.25) is 4.79 Å². The van der Waals surface area contributed by atoms with Crippen LogP contribution in [0, 0.1) is 5.82 Å². The normalized spacial score (nSPS) is 17.7. The molecule has 1 amide bonds. The van der Waals surface area contributed by atoms with Crippen LogP contribution in [0.2, 0.25) is 5.02 Å². The van der Waals surface area contributed by atoms with Crippen molar-refractivity contribution >= 4 is 39.0 Å². The van der Waals surface area contributed by atoms with Gasteiger partial charge in [0.15, 0.2) is 9.84 Å². The fourth-order valence-electron chi connectivity index (χ4n) is 3.45. The molecule has 0 spiro atoms. The van der Waals surface area contributed by atoms with Crippen molar-refractivity contribution in [2.75, 3.05) is 22.5 Å². The first-order valence-electron chi connectivity index (χ1n) is 10.2. The summed E-state index contributed by atoms with van der Waals surface area (Å²) in [6.45, 7) is -0.207. The van der Waals surface area contributed by atoms with Gasteiger partial charge in [-0.2, -0.15) is 0 Å². The third-order valence-corrected chi connectivity index (χ3v) is 7.16. The van der Waals surface area contributed by atoms with Crippen molar-refractivity contribution in [1.82, 2.24) is 10.2 Å². The number of hydrogen-bond acceptors (Lipinski definition) is 8. The van der Waals surface area contributed by atoms with E-state index in [1.165, 1.54) is 0 Å². The Morgan fingerprint density at radius 3 is 2.60 bits per heavy atom. The van der Waals surface area contributed by atoms with E-state index in [9.17, 15) is 22.0 Å². The van der Waals surface area contributed by atoms with Crippen LogP contribution in [0.25, 0.3) is 11.5 Å². The van der Waals surface area contributed by atoms with E-state index in [0.717, 1.165) is 17.0 Å².